The van der Waals surface area contributed by atoms with Gasteiger partial charge in [0, 0.05) is 18.7 Å². The lowest BCUT2D eigenvalue weighted by Crippen LogP contribution is -2.48. The highest BCUT2D eigenvalue weighted by atomic mass is 35.5. The van der Waals surface area contributed by atoms with E-state index in [0.717, 1.165) is 24.8 Å². The van der Waals surface area contributed by atoms with Gasteiger partial charge in [-0.1, -0.05) is 35.9 Å². The molecule has 2 aliphatic rings. The molecule has 1 N–H and O–H groups in total. The summed E-state index contributed by atoms with van der Waals surface area (Å²) in [5.74, 6) is -0.307. The monoisotopic (exact) mass is 462 g/mol. The fourth-order valence-electron chi connectivity index (χ4n) is 4.45. The molecule has 3 unspecified atom stereocenters. The predicted molar refractivity (Wildman–Crippen MR) is 120 cm³/mol. The van der Waals surface area contributed by atoms with Crippen molar-refractivity contribution < 1.29 is 17.9 Å². The van der Waals surface area contributed by atoms with Crippen LogP contribution in [0.2, 0.25) is 5.02 Å². The molecule has 0 aromatic heterocycles. The number of aryl methyl sites for hydroxylation is 1. The summed E-state index contributed by atoms with van der Waals surface area (Å²) >= 11 is 6.27. The third-order valence-electron chi connectivity index (χ3n) is 5.87. The summed E-state index contributed by atoms with van der Waals surface area (Å²) in [5.41, 5.74) is 2.65. The topological polar surface area (TPSA) is 75.7 Å². The highest BCUT2D eigenvalue weighted by Crippen LogP contribution is 2.31. The van der Waals surface area contributed by atoms with E-state index in [-0.39, 0.29) is 52.7 Å². The second kappa shape index (κ2) is 8.90. The Hall–Kier alpha value is -1.93. The molecule has 3 atom stereocenters. The number of halogens is 1. The molecule has 1 fully saturated rings. The molecule has 1 amide bonds. The largest absolute Gasteiger partial charge is 0.373 e. The van der Waals surface area contributed by atoms with Gasteiger partial charge in [0.25, 0.3) is 5.91 Å². The lowest BCUT2D eigenvalue weighted by molar-refractivity contribution is -0.0440. The summed E-state index contributed by atoms with van der Waals surface area (Å²) in [5, 5.41) is 3.18. The molecule has 31 heavy (non-hydrogen) atoms. The number of carbonyl (C=O) groups excluding carboxylic acids is 1. The number of sulfonamides is 1. The zero-order chi connectivity index (χ0) is 22.2. The van der Waals surface area contributed by atoms with Crippen molar-refractivity contribution in [2.75, 3.05) is 13.1 Å². The van der Waals surface area contributed by atoms with Crippen molar-refractivity contribution in [2.24, 2.45) is 0 Å². The van der Waals surface area contributed by atoms with Gasteiger partial charge in [0.2, 0.25) is 10.0 Å². The van der Waals surface area contributed by atoms with Crippen molar-refractivity contribution in [3.05, 3.63) is 64.2 Å². The molecule has 0 saturated carbocycles. The van der Waals surface area contributed by atoms with Gasteiger partial charge >= 0.3 is 0 Å². The normalized spacial score (nSPS) is 24.4. The van der Waals surface area contributed by atoms with Crippen LogP contribution in [0.3, 0.4) is 0 Å². The van der Waals surface area contributed by atoms with Gasteiger partial charge < -0.3 is 10.1 Å². The number of rotatable bonds is 4. The van der Waals surface area contributed by atoms with Gasteiger partial charge in [-0.2, -0.15) is 4.31 Å². The van der Waals surface area contributed by atoms with E-state index in [1.807, 2.05) is 32.0 Å². The number of hydrogen-bond acceptors (Lipinski definition) is 4. The fourth-order valence-corrected chi connectivity index (χ4v) is 6.54. The van der Waals surface area contributed by atoms with E-state index >= 15 is 0 Å². The molecule has 0 bridgehead atoms. The number of fused-ring (bicyclic) bond motifs is 1. The molecule has 1 heterocycles. The number of hydrogen-bond donors (Lipinski definition) is 1. The maximum Gasteiger partial charge on any atom is 0.251 e. The Bertz CT molecular complexity index is 1080. The number of nitrogens with one attached hydrogen (secondary N) is 1. The average molecular weight is 463 g/mol. The summed E-state index contributed by atoms with van der Waals surface area (Å²) in [6.45, 7) is 4.17. The molecule has 8 heteroatoms. The van der Waals surface area contributed by atoms with Gasteiger partial charge in [-0.15, -0.1) is 0 Å². The van der Waals surface area contributed by atoms with E-state index in [9.17, 15) is 13.2 Å². The van der Waals surface area contributed by atoms with Crippen LogP contribution in [-0.4, -0.2) is 43.9 Å². The van der Waals surface area contributed by atoms with E-state index in [1.54, 1.807) is 6.07 Å². The Morgan fingerprint density at radius 2 is 1.84 bits per heavy atom. The first-order chi connectivity index (χ1) is 14.8. The van der Waals surface area contributed by atoms with Crippen LogP contribution < -0.4 is 5.32 Å². The molecular weight excluding hydrogens is 436 g/mol. The van der Waals surface area contributed by atoms with E-state index in [2.05, 4.69) is 11.4 Å². The molecule has 0 spiro atoms. The van der Waals surface area contributed by atoms with Crippen molar-refractivity contribution in [3.63, 3.8) is 0 Å². The first-order valence-electron chi connectivity index (χ1n) is 10.6. The molecule has 2 aromatic rings. The van der Waals surface area contributed by atoms with Crippen LogP contribution in [0.15, 0.2) is 47.4 Å². The van der Waals surface area contributed by atoms with Gasteiger partial charge in [-0.25, -0.2) is 8.42 Å². The Morgan fingerprint density at radius 1 is 1.13 bits per heavy atom. The fraction of sp³-hybridized carbons (Fsp3) is 0.435. The van der Waals surface area contributed by atoms with Crippen molar-refractivity contribution >= 4 is 27.5 Å². The van der Waals surface area contributed by atoms with Gasteiger partial charge in [-0.05, 0) is 62.4 Å². The Balaban J connectivity index is 1.59. The molecule has 1 aliphatic carbocycles. The first kappa shape index (κ1) is 22.3. The summed E-state index contributed by atoms with van der Waals surface area (Å²) in [4.78, 5) is 13.0. The lowest BCUT2D eigenvalue weighted by atomic mass is 9.87. The van der Waals surface area contributed by atoms with Crippen LogP contribution in [0.25, 0.3) is 0 Å². The number of ether oxygens (including phenoxy) is 1. The zero-order valence-corrected chi connectivity index (χ0v) is 19.2. The van der Waals surface area contributed by atoms with Crippen molar-refractivity contribution in [3.8, 4) is 0 Å². The Kier molecular flexibility index (Phi) is 6.40. The maximum absolute atomic E-state index is 13.3. The van der Waals surface area contributed by atoms with Crippen LogP contribution in [-0.2, 0) is 21.2 Å². The standard InChI is InChI=1S/C23H27ClN2O4S/c1-15-13-26(14-16(2)30-15)31(28,29)22-12-18(10-11-20(22)24)23(27)25-21-9-5-7-17-6-3-4-8-19(17)21/h3-4,6,8,10-12,15-16,21H,5,7,9,13-14H2,1-2H3,(H,25,27). The second-order valence-electron chi connectivity index (χ2n) is 8.34. The predicted octanol–water partition coefficient (Wildman–Crippen LogP) is 3.95. The molecule has 166 valence electrons. The van der Waals surface area contributed by atoms with Gasteiger partial charge in [0.15, 0.2) is 0 Å². The molecule has 1 aliphatic heterocycles. The summed E-state index contributed by atoms with van der Waals surface area (Å²) in [7, 11) is -3.85. The molecule has 6 nitrogen and oxygen atoms in total. The molecule has 4 rings (SSSR count). The smallest absolute Gasteiger partial charge is 0.251 e. The van der Waals surface area contributed by atoms with E-state index in [0.29, 0.717) is 0 Å². The SMILES string of the molecule is CC1CN(S(=O)(=O)c2cc(C(=O)NC3CCCc4ccccc43)ccc2Cl)CC(C)O1. The number of amides is 1. The summed E-state index contributed by atoms with van der Waals surface area (Å²) in [6, 6.07) is 12.4. The Labute approximate surface area is 188 Å². The number of carbonyl (C=O) groups is 1. The highest BCUT2D eigenvalue weighted by Gasteiger charge is 2.34. The van der Waals surface area contributed by atoms with Gasteiger partial charge in [0.1, 0.15) is 4.90 Å². The van der Waals surface area contributed by atoms with Crippen LogP contribution in [0, 0.1) is 0 Å². The minimum atomic E-state index is -3.85. The third kappa shape index (κ3) is 4.65. The maximum atomic E-state index is 13.3. The number of nitrogens with zero attached hydrogens (tertiary/aromatic N) is 1. The third-order valence-corrected chi connectivity index (χ3v) is 8.19. The molecule has 1 saturated heterocycles. The van der Waals surface area contributed by atoms with E-state index in [4.69, 9.17) is 16.3 Å². The summed E-state index contributed by atoms with van der Waals surface area (Å²) < 4.78 is 33.6. The number of benzene rings is 2. The minimum absolute atomic E-state index is 0.0489. The zero-order valence-electron chi connectivity index (χ0n) is 17.7. The average Bonchev–Trinajstić information content (AvgIpc) is 2.73. The van der Waals surface area contributed by atoms with Crippen LogP contribution in [0.1, 0.15) is 54.2 Å². The first-order valence-corrected chi connectivity index (χ1v) is 12.4. The van der Waals surface area contributed by atoms with Crippen LogP contribution >= 0.6 is 11.6 Å². The highest BCUT2D eigenvalue weighted by molar-refractivity contribution is 7.89. The van der Waals surface area contributed by atoms with Crippen molar-refractivity contribution in [2.45, 2.75) is 56.3 Å². The number of morpholine rings is 1. The quantitative estimate of drug-likeness (QED) is 0.746. The van der Waals surface area contributed by atoms with Crippen LogP contribution in [0.5, 0.6) is 0 Å². The minimum Gasteiger partial charge on any atom is -0.373 e. The van der Waals surface area contributed by atoms with Gasteiger partial charge in [-0.3, -0.25) is 4.79 Å². The van der Waals surface area contributed by atoms with E-state index < -0.39 is 10.0 Å². The lowest BCUT2D eigenvalue weighted by Gasteiger charge is -2.34. The van der Waals surface area contributed by atoms with Crippen molar-refractivity contribution in [1.82, 2.24) is 9.62 Å². The second-order valence-corrected chi connectivity index (χ2v) is 10.7. The van der Waals surface area contributed by atoms with Gasteiger partial charge in [0.05, 0.1) is 23.3 Å². The van der Waals surface area contributed by atoms with E-state index in [1.165, 1.54) is 22.0 Å². The van der Waals surface area contributed by atoms with Crippen molar-refractivity contribution in [1.29, 1.82) is 0 Å². The Morgan fingerprint density at radius 3 is 2.58 bits per heavy atom. The molecular formula is C23H27ClN2O4S. The molecule has 2 aromatic carbocycles. The summed E-state index contributed by atoms with van der Waals surface area (Å²) in [6.07, 6.45) is 2.42. The van der Waals surface area contributed by atoms with Crippen LogP contribution in [0.4, 0.5) is 0 Å². The molecule has 0 radical (unpaired) electrons.